The number of amides is 1. The number of rotatable bonds is 4. The van der Waals surface area contributed by atoms with Gasteiger partial charge in [-0.05, 0) is 26.7 Å². The van der Waals surface area contributed by atoms with Gasteiger partial charge in [-0.2, -0.15) is 0 Å². The summed E-state index contributed by atoms with van der Waals surface area (Å²) in [6.45, 7) is 5.44. The van der Waals surface area contributed by atoms with Crippen molar-refractivity contribution >= 4 is 18.3 Å². The summed E-state index contributed by atoms with van der Waals surface area (Å²) in [5.41, 5.74) is 5.58. The van der Waals surface area contributed by atoms with Gasteiger partial charge in [0.2, 0.25) is 5.91 Å². The Morgan fingerprint density at radius 2 is 2.27 bits per heavy atom. The number of likely N-dealkylation sites (tertiary alicyclic amines) is 1. The van der Waals surface area contributed by atoms with Crippen molar-refractivity contribution in [3.63, 3.8) is 0 Å². The molecule has 1 fully saturated rings. The van der Waals surface area contributed by atoms with Crippen molar-refractivity contribution in [3.05, 3.63) is 0 Å². The molecule has 1 amide bonds. The molecule has 1 aliphatic heterocycles. The molecule has 5 heteroatoms. The SMILES string of the molecule is CC(C)OCC(=O)N1CCCC1CN.Cl. The number of ether oxygens (including phenoxy) is 1. The van der Waals surface area contributed by atoms with E-state index in [9.17, 15) is 4.79 Å². The van der Waals surface area contributed by atoms with Crippen molar-refractivity contribution in [2.45, 2.75) is 38.8 Å². The number of hydrogen-bond acceptors (Lipinski definition) is 3. The Morgan fingerprint density at radius 3 is 2.80 bits per heavy atom. The fraction of sp³-hybridized carbons (Fsp3) is 0.900. The van der Waals surface area contributed by atoms with Gasteiger partial charge < -0.3 is 15.4 Å². The molecule has 0 aromatic rings. The molecule has 0 spiro atoms. The van der Waals surface area contributed by atoms with Gasteiger partial charge in [-0.25, -0.2) is 0 Å². The minimum Gasteiger partial charge on any atom is -0.369 e. The van der Waals surface area contributed by atoms with Gasteiger partial charge in [0.15, 0.2) is 0 Å². The van der Waals surface area contributed by atoms with Crippen LogP contribution in [0, 0.1) is 0 Å². The van der Waals surface area contributed by atoms with Crippen molar-refractivity contribution in [2.75, 3.05) is 19.7 Å². The van der Waals surface area contributed by atoms with E-state index >= 15 is 0 Å². The highest BCUT2D eigenvalue weighted by molar-refractivity contribution is 5.85. The number of carbonyl (C=O) groups excluding carboxylic acids is 1. The molecule has 1 heterocycles. The molecule has 90 valence electrons. The van der Waals surface area contributed by atoms with E-state index in [0.29, 0.717) is 6.54 Å². The molecule has 0 aliphatic carbocycles. The van der Waals surface area contributed by atoms with Gasteiger partial charge in [-0.3, -0.25) is 4.79 Å². The average Bonchev–Trinajstić information content (AvgIpc) is 2.61. The summed E-state index contributed by atoms with van der Waals surface area (Å²) in [5.74, 6) is 0.0756. The van der Waals surface area contributed by atoms with Crippen LogP contribution in [0.1, 0.15) is 26.7 Å². The van der Waals surface area contributed by atoms with Crippen LogP contribution in [0.4, 0.5) is 0 Å². The Bertz CT molecular complexity index is 200. The second-order valence-electron chi connectivity index (χ2n) is 3.98. The van der Waals surface area contributed by atoms with Crippen molar-refractivity contribution in [1.29, 1.82) is 0 Å². The first-order valence-corrected chi connectivity index (χ1v) is 5.26. The van der Waals surface area contributed by atoms with Crippen molar-refractivity contribution < 1.29 is 9.53 Å². The van der Waals surface area contributed by atoms with Crippen LogP contribution in [0.2, 0.25) is 0 Å². The van der Waals surface area contributed by atoms with Crippen LogP contribution in [0.3, 0.4) is 0 Å². The molecule has 0 aromatic carbocycles. The maximum atomic E-state index is 11.7. The highest BCUT2D eigenvalue weighted by atomic mass is 35.5. The lowest BCUT2D eigenvalue weighted by Crippen LogP contribution is -2.42. The molecule has 0 radical (unpaired) electrons. The number of nitrogens with two attached hydrogens (primary N) is 1. The third-order valence-electron chi connectivity index (χ3n) is 2.51. The Morgan fingerprint density at radius 1 is 1.60 bits per heavy atom. The Kier molecular flexibility index (Phi) is 6.89. The zero-order valence-electron chi connectivity index (χ0n) is 9.44. The fourth-order valence-corrected chi connectivity index (χ4v) is 1.73. The number of hydrogen-bond donors (Lipinski definition) is 1. The first kappa shape index (κ1) is 14.7. The third kappa shape index (κ3) is 4.36. The molecule has 4 nitrogen and oxygen atoms in total. The maximum absolute atomic E-state index is 11.7. The van der Waals surface area contributed by atoms with E-state index in [1.54, 1.807) is 0 Å². The van der Waals surface area contributed by atoms with Gasteiger partial charge in [-0.15, -0.1) is 12.4 Å². The van der Waals surface area contributed by atoms with Crippen molar-refractivity contribution in [2.24, 2.45) is 5.73 Å². The van der Waals surface area contributed by atoms with E-state index in [0.717, 1.165) is 19.4 Å². The van der Waals surface area contributed by atoms with E-state index in [-0.39, 0.29) is 37.1 Å². The van der Waals surface area contributed by atoms with Crippen molar-refractivity contribution in [1.82, 2.24) is 4.90 Å². The number of halogens is 1. The highest BCUT2D eigenvalue weighted by Gasteiger charge is 2.27. The summed E-state index contributed by atoms with van der Waals surface area (Å²) in [5, 5.41) is 0. The van der Waals surface area contributed by atoms with Crippen molar-refractivity contribution in [3.8, 4) is 0 Å². The molecule has 0 bridgehead atoms. The standard InChI is InChI=1S/C10H20N2O2.ClH/c1-8(2)14-7-10(13)12-5-3-4-9(12)6-11;/h8-9H,3-7,11H2,1-2H3;1H. The normalized spacial score (nSPS) is 20.5. The fourth-order valence-electron chi connectivity index (χ4n) is 1.73. The molecular formula is C10H21ClN2O2. The van der Waals surface area contributed by atoms with Crippen LogP contribution in [0.25, 0.3) is 0 Å². The minimum absolute atomic E-state index is 0. The van der Waals surface area contributed by atoms with E-state index in [4.69, 9.17) is 10.5 Å². The predicted molar refractivity (Wildman–Crippen MR) is 62.1 cm³/mol. The Hall–Kier alpha value is -0.320. The molecule has 1 aliphatic rings. The van der Waals surface area contributed by atoms with Gasteiger partial charge in [0, 0.05) is 19.1 Å². The number of nitrogens with zero attached hydrogens (tertiary/aromatic N) is 1. The predicted octanol–water partition coefficient (Wildman–Crippen LogP) is 0.783. The Labute approximate surface area is 97.5 Å². The van der Waals surface area contributed by atoms with Gasteiger partial charge in [0.05, 0.1) is 6.10 Å². The second kappa shape index (κ2) is 7.04. The summed E-state index contributed by atoms with van der Waals surface area (Å²) in [7, 11) is 0. The molecule has 15 heavy (non-hydrogen) atoms. The summed E-state index contributed by atoms with van der Waals surface area (Å²) >= 11 is 0. The van der Waals surface area contributed by atoms with E-state index in [1.807, 2.05) is 18.7 Å². The Balaban J connectivity index is 0.00000196. The van der Waals surface area contributed by atoms with Gasteiger partial charge in [-0.1, -0.05) is 0 Å². The first-order chi connectivity index (χ1) is 6.65. The van der Waals surface area contributed by atoms with Crippen LogP contribution in [-0.2, 0) is 9.53 Å². The summed E-state index contributed by atoms with van der Waals surface area (Å²) in [4.78, 5) is 13.5. The molecule has 1 saturated heterocycles. The molecule has 0 saturated carbocycles. The summed E-state index contributed by atoms with van der Waals surface area (Å²) in [6.07, 6.45) is 2.21. The second-order valence-corrected chi connectivity index (χ2v) is 3.98. The van der Waals surface area contributed by atoms with E-state index in [2.05, 4.69) is 0 Å². The van der Waals surface area contributed by atoms with Crippen LogP contribution in [0.15, 0.2) is 0 Å². The summed E-state index contributed by atoms with van der Waals surface area (Å²) in [6, 6.07) is 0.235. The molecule has 1 atom stereocenters. The largest absolute Gasteiger partial charge is 0.369 e. The summed E-state index contributed by atoms with van der Waals surface area (Å²) < 4.78 is 5.28. The van der Waals surface area contributed by atoms with Gasteiger partial charge in [0.1, 0.15) is 6.61 Å². The highest BCUT2D eigenvalue weighted by Crippen LogP contribution is 2.16. The van der Waals surface area contributed by atoms with Crippen LogP contribution in [0.5, 0.6) is 0 Å². The lowest BCUT2D eigenvalue weighted by molar-refractivity contribution is -0.138. The molecular weight excluding hydrogens is 216 g/mol. The zero-order valence-corrected chi connectivity index (χ0v) is 10.3. The van der Waals surface area contributed by atoms with Crippen LogP contribution >= 0.6 is 12.4 Å². The van der Waals surface area contributed by atoms with Crippen LogP contribution < -0.4 is 5.73 Å². The van der Waals surface area contributed by atoms with Crippen LogP contribution in [-0.4, -0.2) is 42.6 Å². The van der Waals surface area contributed by atoms with E-state index in [1.165, 1.54) is 0 Å². The maximum Gasteiger partial charge on any atom is 0.248 e. The van der Waals surface area contributed by atoms with E-state index < -0.39 is 0 Å². The molecule has 1 rings (SSSR count). The van der Waals surface area contributed by atoms with Gasteiger partial charge in [0.25, 0.3) is 0 Å². The smallest absolute Gasteiger partial charge is 0.248 e. The average molecular weight is 237 g/mol. The monoisotopic (exact) mass is 236 g/mol. The lowest BCUT2D eigenvalue weighted by atomic mass is 10.2. The first-order valence-electron chi connectivity index (χ1n) is 5.26. The molecule has 2 N–H and O–H groups in total. The number of carbonyl (C=O) groups is 1. The van der Waals surface area contributed by atoms with Gasteiger partial charge >= 0.3 is 0 Å². The molecule has 0 aromatic heterocycles. The topological polar surface area (TPSA) is 55.6 Å². The third-order valence-corrected chi connectivity index (χ3v) is 2.51. The zero-order chi connectivity index (χ0) is 10.6. The minimum atomic E-state index is 0. The lowest BCUT2D eigenvalue weighted by Gasteiger charge is -2.23. The molecule has 1 unspecified atom stereocenters. The quantitative estimate of drug-likeness (QED) is 0.785.